The maximum absolute atomic E-state index is 4.57. The van der Waals surface area contributed by atoms with E-state index in [1.807, 2.05) is 53.5 Å². The number of aryl methyl sites for hydroxylation is 2. The van der Waals surface area contributed by atoms with E-state index in [9.17, 15) is 0 Å². The first-order valence-corrected chi connectivity index (χ1v) is 8.32. The van der Waals surface area contributed by atoms with E-state index in [0.717, 1.165) is 29.4 Å². The summed E-state index contributed by atoms with van der Waals surface area (Å²) in [5, 5.41) is 12.5. The molecule has 4 aromatic rings. The fourth-order valence-electron chi connectivity index (χ4n) is 3.01. The number of benzene rings is 1. The minimum absolute atomic E-state index is 0.0654. The molecule has 6 nitrogen and oxygen atoms in total. The number of nitrogens with zero attached hydrogens (tertiary/aromatic N) is 5. The minimum atomic E-state index is 0.0654. The predicted molar refractivity (Wildman–Crippen MR) is 97.5 cm³/mol. The van der Waals surface area contributed by atoms with Crippen molar-refractivity contribution in [3.63, 3.8) is 0 Å². The molecule has 3 aromatic heterocycles. The molecule has 6 heteroatoms. The van der Waals surface area contributed by atoms with Crippen LogP contribution in [0, 0.1) is 13.8 Å². The lowest BCUT2D eigenvalue weighted by Gasteiger charge is -2.21. The molecule has 0 saturated carbocycles. The highest BCUT2D eigenvalue weighted by Crippen LogP contribution is 2.22. The van der Waals surface area contributed by atoms with Crippen molar-refractivity contribution in [3.8, 4) is 0 Å². The Labute approximate surface area is 146 Å². The molecule has 0 bridgehead atoms. The summed E-state index contributed by atoms with van der Waals surface area (Å²) >= 11 is 0. The highest BCUT2D eigenvalue weighted by molar-refractivity contribution is 5.51. The third kappa shape index (κ3) is 3.24. The van der Waals surface area contributed by atoms with Crippen molar-refractivity contribution in [2.75, 3.05) is 5.32 Å². The quantitative estimate of drug-likeness (QED) is 0.608. The van der Waals surface area contributed by atoms with E-state index >= 15 is 0 Å². The Morgan fingerprint density at radius 3 is 2.64 bits per heavy atom. The molecule has 0 radical (unpaired) electrons. The van der Waals surface area contributed by atoms with Gasteiger partial charge in [0.15, 0.2) is 5.65 Å². The van der Waals surface area contributed by atoms with Gasteiger partial charge in [-0.05, 0) is 25.5 Å². The molecule has 0 fully saturated rings. The Hall–Kier alpha value is -3.15. The fraction of sp³-hybridized carbons (Fsp3) is 0.211. The number of hydrogen-bond donors (Lipinski definition) is 1. The smallest absolute Gasteiger partial charge is 0.157 e. The van der Waals surface area contributed by atoms with Gasteiger partial charge in [0.1, 0.15) is 5.82 Å². The second-order valence-electron chi connectivity index (χ2n) is 6.17. The average Bonchev–Trinajstić information content (AvgIpc) is 3.24. The van der Waals surface area contributed by atoms with Gasteiger partial charge in [-0.1, -0.05) is 30.3 Å². The lowest BCUT2D eigenvalue weighted by molar-refractivity contribution is 0.548. The van der Waals surface area contributed by atoms with Gasteiger partial charge < -0.3 is 5.32 Å². The number of fused-ring (bicyclic) bond motifs is 1. The Bertz CT molecular complexity index is 972. The van der Waals surface area contributed by atoms with E-state index < -0.39 is 0 Å². The number of rotatable bonds is 5. The van der Waals surface area contributed by atoms with Crippen LogP contribution in [0.15, 0.2) is 60.9 Å². The Morgan fingerprint density at radius 2 is 1.88 bits per heavy atom. The van der Waals surface area contributed by atoms with Crippen molar-refractivity contribution in [1.29, 1.82) is 0 Å². The zero-order valence-electron chi connectivity index (χ0n) is 14.3. The monoisotopic (exact) mass is 332 g/mol. The summed E-state index contributed by atoms with van der Waals surface area (Å²) in [4.78, 5) is 4.56. The first-order chi connectivity index (χ1) is 12.2. The summed E-state index contributed by atoms with van der Waals surface area (Å²) in [6.07, 6.45) is 3.77. The molecule has 0 aliphatic rings. The van der Waals surface area contributed by atoms with Gasteiger partial charge in [0, 0.05) is 30.2 Å². The minimum Gasteiger partial charge on any atom is -0.361 e. The van der Waals surface area contributed by atoms with Crippen LogP contribution in [-0.2, 0) is 6.54 Å². The highest BCUT2D eigenvalue weighted by atomic mass is 15.3. The lowest BCUT2D eigenvalue weighted by Crippen LogP contribution is -2.20. The topological polar surface area (TPSA) is 60.0 Å². The lowest BCUT2D eigenvalue weighted by atomic mass is 10.1. The molecule has 0 aliphatic heterocycles. The third-order valence-corrected chi connectivity index (χ3v) is 4.13. The maximum atomic E-state index is 4.57. The van der Waals surface area contributed by atoms with Gasteiger partial charge in [0.05, 0.1) is 18.3 Å². The van der Waals surface area contributed by atoms with E-state index in [4.69, 9.17) is 0 Å². The van der Waals surface area contributed by atoms with Crippen LogP contribution in [0.25, 0.3) is 5.65 Å². The molecule has 1 aromatic carbocycles. The number of hydrogen-bond acceptors (Lipinski definition) is 4. The molecule has 0 aliphatic carbocycles. The van der Waals surface area contributed by atoms with Gasteiger partial charge in [-0.3, -0.25) is 4.68 Å². The van der Waals surface area contributed by atoms with Gasteiger partial charge >= 0.3 is 0 Å². The van der Waals surface area contributed by atoms with Crippen LogP contribution in [0.3, 0.4) is 0 Å². The third-order valence-electron chi connectivity index (χ3n) is 4.13. The summed E-state index contributed by atoms with van der Waals surface area (Å²) < 4.78 is 3.80. The molecule has 0 saturated heterocycles. The van der Waals surface area contributed by atoms with E-state index in [-0.39, 0.29) is 6.04 Å². The Morgan fingerprint density at radius 1 is 1.04 bits per heavy atom. The summed E-state index contributed by atoms with van der Waals surface area (Å²) in [5.41, 5.74) is 3.96. The van der Waals surface area contributed by atoms with E-state index in [1.165, 1.54) is 5.56 Å². The molecule has 126 valence electrons. The first kappa shape index (κ1) is 15.4. The van der Waals surface area contributed by atoms with Crippen molar-refractivity contribution < 1.29 is 0 Å². The zero-order valence-corrected chi connectivity index (χ0v) is 14.3. The van der Waals surface area contributed by atoms with Crippen molar-refractivity contribution in [1.82, 2.24) is 24.4 Å². The number of nitrogens with one attached hydrogen (secondary N) is 1. The Kier molecular flexibility index (Phi) is 3.93. The van der Waals surface area contributed by atoms with Crippen molar-refractivity contribution >= 4 is 11.5 Å². The molecule has 0 spiro atoms. The standard InChI is InChI=1S/C19H20N6/c1-14-11-19(25-18(21-14)12-15(2)23-25)22-17(13-24-10-6-9-20-24)16-7-4-3-5-8-16/h3-12,17,22H,13H2,1-2H3/t17-/m0/s1. The van der Waals surface area contributed by atoms with Crippen LogP contribution in [0.1, 0.15) is 23.0 Å². The van der Waals surface area contributed by atoms with E-state index in [2.05, 4.69) is 44.8 Å². The van der Waals surface area contributed by atoms with Crippen molar-refractivity contribution in [2.45, 2.75) is 26.4 Å². The summed E-state index contributed by atoms with van der Waals surface area (Å²) in [5.74, 6) is 0.927. The second-order valence-corrected chi connectivity index (χ2v) is 6.17. The first-order valence-electron chi connectivity index (χ1n) is 8.32. The van der Waals surface area contributed by atoms with Crippen LogP contribution in [0.4, 0.5) is 5.82 Å². The molecule has 1 atom stereocenters. The van der Waals surface area contributed by atoms with Crippen LogP contribution in [-0.4, -0.2) is 24.4 Å². The largest absolute Gasteiger partial charge is 0.361 e. The molecule has 0 amide bonds. The van der Waals surface area contributed by atoms with Crippen molar-refractivity contribution in [2.24, 2.45) is 0 Å². The van der Waals surface area contributed by atoms with Gasteiger partial charge in [0.2, 0.25) is 0 Å². The number of aromatic nitrogens is 5. The van der Waals surface area contributed by atoms with E-state index in [1.54, 1.807) is 6.20 Å². The van der Waals surface area contributed by atoms with Gasteiger partial charge in [-0.25, -0.2) is 4.98 Å². The normalized spacial score (nSPS) is 12.4. The van der Waals surface area contributed by atoms with Crippen molar-refractivity contribution in [3.05, 3.63) is 77.9 Å². The molecule has 0 unspecified atom stereocenters. The molecule has 25 heavy (non-hydrogen) atoms. The molecular formula is C19H20N6. The maximum Gasteiger partial charge on any atom is 0.157 e. The predicted octanol–water partition coefficient (Wildman–Crippen LogP) is 3.40. The molecule has 4 rings (SSSR count). The van der Waals surface area contributed by atoms with E-state index in [0.29, 0.717) is 0 Å². The average molecular weight is 332 g/mol. The molecule has 1 N–H and O–H groups in total. The highest BCUT2D eigenvalue weighted by Gasteiger charge is 2.15. The van der Waals surface area contributed by atoms with Gasteiger partial charge in [0.25, 0.3) is 0 Å². The fourth-order valence-corrected chi connectivity index (χ4v) is 3.01. The van der Waals surface area contributed by atoms with Crippen LogP contribution in [0.2, 0.25) is 0 Å². The summed E-state index contributed by atoms with van der Waals surface area (Å²) in [7, 11) is 0. The SMILES string of the molecule is Cc1cc(N[C@@H](Cn2cccn2)c2ccccc2)n2nc(C)cc2n1. The molecular weight excluding hydrogens is 312 g/mol. The van der Waals surface area contributed by atoms with Crippen LogP contribution in [0.5, 0.6) is 0 Å². The second kappa shape index (κ2) is 6.39. The summed E-state index contributed by atoms with van der Waals surface area (Å²) in [6.45, 7) is 4.70. The Balaban J connectivity index is 1.73. The summed E-state index contributed by atoms with van der Waals surface area (Å²) in [6, 6.07) is 16.4. The number of anilines is 1. The van der Waals surface area contributed by atoms with Crippen LogP contribution < -0.4 is 5.32 Å². The van der Waals surface area contributed by atoms with Gasteiger partial charge in [-0.2, -0.15) is 14.7 Å². The van der Waals surface area contributed by atoms with Crippen LogP contribution >= 0.6 is 0 Å². The van der Waals surface area contributed by atoms with Gasteiger partial charge in [-0.15, -0.1) is 0 Å². The zero-order chi connectivity index (χ0) is 17.2. The molecule has 3 heterocycles.